The predicted octanol–water partition coefficient (Wildman–Crippen LogP) is 3.25. The van der Waals surface area contributed by atoms with Gasteiger partial charge in [0.25, 0.3) is 0 Å². The first-order valence-electron chi connectivity index (χ1n) is 7.10. The molecule has 0 atom stereocenters. The van der Waals surface area contributed by atoms with Gasteiger partial charge in [-0.05, 0) is 42.3 Å². The molecular formula is C18H20N2O3. The van der Waals surface area contributed by atoms with E-state index in [1.54, 1.807) is 31.4 Å². The molecule has 2 aromatic carbocycles. The summed E-state index contributed by atoms with van der Waals surface area (Å²) in [5.41, 5.74) is 9.00. The molecule has 0 aromatic heterocycles. The fourth-order valence-electron chi connectivity index (χ4n) is 2.01. The highest BCUT2D eigenvalue weighted by Crippen LogP contribution is 2.29. The van der Waals surface area contributed by atoms with Crippen molar-refractivity contribution in [3.05, 3.63) is 53.6 Å². The number of anilines is 2. The zero-order valence-corrected chi connectivity index (χ0v) is 13.4. The standard InChI is InChI=1S/C18H20N2O3/c1-12-4-5-13(10-15(12)19)6-9-18(21)20-16-8-7-14(22-2)11-17(16)23-3/h4-11H,19H2,1-3H3,(H,20,21)/b9-6+. The Hall–Kier alpha value is -2.95. The molecule has 1 amide bonds. The average Bonchev–Trinajstić information content (AvgIpc) is 2.56. The lowest BCUT2D eigenvalue weighted by atomic mass is 10.1. The SMILES string of the molecule is COc1ccc(NC(=O)/C=C/c2ccc(C)c(N)c2)c(OC)c1. The summed E-state index contributed by atoms with van der Waals surface area (Å²) < 4.78 is 10.4. The van der Waals surface area contributed by atoms with E-state index in [-0.39, 0.29) is 5.91 Å². The van der Waals surface area contributed by atoms with E-state index in [0.29, 0.717) is 22.9 Å². The van der Waals surface area contributed by atoms with Gasteiger partial charge in [0.05, 0.1) is 19.9 Å². The molecule has 0 unspecified atom stereocenters. The maximum absolute atomic E-state index is 12.0. The largest absolute Gasteiger partial charge is 0.497 e. The van der Waals surface area contributed by atoms with Crippen LogP contribution in [0.4, 0.5) is 11.4 Å². The fraction of sp³-hybridized carbons (Fsp3) is 0.167. The quantitative estimate of drug-likeness (QED) is 0.656. The molecule has 2 aromatic rings. The molecule has 5 nitrogen and oxygen atoms in total. The Kier molecular flexibility index (Phi) is 5.25. The number of carbonyl (C=O) groups excluding carboxylic acids is 1. The summed E-state index contributed by atoms with van der Waals surface area (Å²) in [4.78, 5) is 12.0. The molecule has 0 saturated heterocycles. The molecular weight excluding hydrogens is 292 g/mol. The van der Waals surface area contributed by atoms with Gasteiger partial charge in [0.1, 0.15) is 11.5 Å². The van der Waals surface area contributed by atoms with Crippen LogP contribution in [0.5, 0.6) is 11.5 Å². The highest BCUT2D eigenvalue weighted by Gasteiger charge is 2.07. The molecule has 3 N–H and O–H groups in total. The van der Waals surface area contributed by atoms with Crippen LogP contribution in [0.25, 0.3) is 6.08 Å². The molecule has 5 heteroatoms. The maximum atomic E-state index is 12.0. The van der Waals surface area contributed by atoms with E-state index in [1.807, 2.05) is 25.1 Å². The molecule has 0 bridgehead atoms. The Labute approximate surface area is 135 Å². The van der Waals surface area contributed by atoms with Crippen LogP contribution in [-0.2, 0) is 4.79 Å². The number of nitrogens with two attached hydrogens (primary N) is 1. The smallest absolute Gasteiger partial charge is 0.248 e. The summed E-state index contributed by atoms with van der Waals surface area (Å²) >= 11 is 0. The molecule has 0 aliphatic rings. The van der Waals surface area contributed by atoms with Gasteiger partial charge in [0.2, 0.25) is 5.91 Å². The predicted molar refractivity (Wildman–Crippen MR) is 92.8 cm³/mol. The molecule has 120 valence electrons. The molecule has 23 heavy (non-hydrogen) atoms. The van der Waals surface area contributed by atoms with Crippen LogP contribution < -0.4 is 20.5 Å². The number of carbonyl (C=O) groups is 1. The first kappa shape index (κ1) is 16.4. The van der Waals surface area contributed by atoms with Crippen LogP contribution in [0, 0.1) is 6.92 Å². The number of methoxy groups -OCH3 is 2. The van der Waals surface area contributed by atoms with E-state index >= 15 is 0 Å². The highest BCUT2D eigenvalue weighted by molar-refractivity contribution is 6.02. The number of rotatable bonds is 5. The summed E-state index contributed by atoms with van der Waals surface area (Å²) in [7, 11) is 3.11. The van der Waals surface area contributed by atoms with Crippen molar-refractivity contribution in [1.82, 2.24) is 0 Å². The number of amides is 1. The van der Waals surface area contributed by atoms with Gasteiger partial charge in [-0.2, -0.15) is 0 Å². The first-order chi connectivity index (χ1) is 11.0. The minimum atomic E-state index is -0.257. The van der Waals surface area contributed by atoms with Crippen molar-refractivity contribution in [2.24, 2.45) is 0 Å². The third-order valence-electron chi connectivity index (χ3n) is 3.40. The van der Waals surface area contributed by atoms with Crippen molar-refractivity contribution in [2.75, 3.05) is 25.3 Å². The lowest BCUT2D eigenvalue weighted by Crippen LogP contribution is -2.09. The summed E-state index contributed by atoms with van der Waals surface area (Å²) in [5.74, 6) is 0.934. The zero-order valence-electron chi connectivity index (χ0n) is 13.4. The molecule has 2 rings (SSSR count). The van der Waals surface area contributed by atoms with Crippen molar-refractivity contribution < 1.29 is 14.3 Å². The van der Waals surface area contributed by atoms with Gasteiger partial charge in [-0.25, -0.2) is 0 Å². The Bertz CT molecular complexity index is 739. The van der Waals surface area contributed by atoms with Crippen LogP contribution >= 0.6 is 0 Å². The zero-order chi connectivity index (χ0) is 16.8. The normalized spacial score (nSPS) is 10.6. The second-order valence-corrected chi connectivity index (χ2v) is 5.00. The van der Waals surface area contributed by atoms with Crippen LogP contribution in [-0.4, -0.2) is 20.1 Å². The molecule has 0 radical (unpaired) electrons. The third-order valence-corrected chi connectivity index (χ3v) is 3.40. The van der Waals surface area contributed by atoms with Crippen LogP contribution in [0.1, 0.15) is 11.1 Å². The van der Waals surface area contributed by atoms with Crippen molar-refractivity contribution in [3.63, 3.8) is 0 Å². The van der Waals surface area contributed by atoms with Gasteiger partial charge in [0, 0.05) is 17.8 Å². The second kappa shape index (κ2) is 7.35. The lowest BCUT2D eigenvalue weighted by Gasteiger charge is -2.10. The van der Waals surface area contributed by atoms with E-state index in [0.717, 1.165) is 11.1 Å². The average molecular weight is 312 g/mol. The van der Waals surface area contributed by atoms with Crippen LogP contribution in [0.3, 0.4) is 0 Å². The Morgan fingerprint density at radius 3 is 2.57 bits per heavy atom. The molecule has 0 aliphatic heterocycles. The van der Waals surface area contributed by atoms with Crippen molar-refractivity contribution >= 4 is 23.4 Å². The number of hydrogen-bond acceptors (Lipinski definition) is 4. The summed E-state index contributed by atoms with van der Waals surface area (Å²) in [6.07, 6.45) is 3.16. The topological polar surface area (TPSA) is 73.6 Å². The fourth-order valence-corrected chi connectivity index (χ4v) is 2.01. The molecule has 0 heterocycles. The Morgan fingerprint density at radius 2 is 1.91 bits per heavy atom. The van der Waals surface area contributed by atoms with Gasteiger partial charge in [-0.1, -0.05) is 12.1 Å². The minimum absolute atomic E-state index is 0.257. The van der Waals surface area contributed by atoms with Gasteiger partial charge in [-0.3, -0.25) is 4.79 Å². The third kappa shape index (κ3) is 4.26. The first-order valence-corrected chi connectivity index (χ1v) is 7.10. The van der Waals surface area contributed by atoms with Gasteiger partial charge < -0.3 is 20.5 Å². The van der Waals surface area contributed by atoms with Gasteiger partial charge in [-0.15, -0.1) is 0 Å². The van der Waals surface area contributed by atoms with Crippen molar-refractivity contribution in [3.8, 4) is 11.5 Å². The van der Waals surface area contributed by atoms with Crippen LogP contribution in [0.2, 0.25) is 0 Å². The van der Waals surface area contributed by atoms with Gasteiger partial charge >= 0.3 is 0 Å². The lowest BCUT2D eigenvalue weighted by molar-refractivity contribution is -0.111. The molecule has 0 aliphatic carbocycles. The minimum Gasteiger partial charge on any atom is -0.497 e. The maximum Gasteiger partial charge on any atom is 0.248 e. The summed E-state index contributed by atoms with van der Waals surface area (Å²) in [5, 5.41) is 2.77. The molecule has 0 spiro atoms. The Morgan fingerprint density at radius 1 is 1.13 bits per heavy atom. The number of nitrogen functional groups attached to an aromatic ring is 1. The monoisotopic (exact) mass is 312 g/mol. The number of aryl methyl sites for hydroxylation is 1. The van der Waals surface area contributed by atoms with Crippen molar-refractivity contribution in [2.45, 2.75) is 6.92 Å². The van der Waals surface area contributed by atoms with E-state index in [1.165, 1.54) is 13.2 Å². The van der Waals surface area contributed by atoms with Crippen molar-refractivity contribution in [1.29, 1.82) is 0 Å². The van der Waals surface area contributed by atoms with Crippen LogP contribution in [0.15, 0.2) is 42.5 Å². The Balaban J connectivity index is 2.10. The van der Waals surface area contributed by atoms with E-state index in [2.05, 4.69) is 5.32 Å². The van der Waals surface area contributed by atoms with E-state index in [9.17, 15) is 4.79 Å². The number of benzene rings is 2. The van der Waals surface area contributed by atoms with E-state index < -0.39 is 0 Å². The molecule has 0 saturated carbocycles. The number of ether oxygens (including phenoxy) is 2. The van der Waals surface area contributed by atoms with Gasteiger partial charge in [0.15, 0.2) is 0 Å². The highest BCUT2D eigenvalue weighted by atomic mass is 16.5. The number of hydrogen-bond donors (Lipinski definition) is 2. The number of nitrogens with one attached hydrogen (secondary N) is 1. The second-order valence-electron chi connectivity index (χ2n) is 5.00. The summed E-state index contributed by atoms with van der Waals surface area (Å²) in [6, 6.07) is 10.8. The summed E-state index contributed by atoms with van der Waals surface area (Å²) in [6.45, 7) is 1.94. The van der Waals surface area contributed by atoms with E-state index in [4.69, 9.17) is 15.2 Å². The molecule has 0 fully saturated rings.